The fourth-order valence-corrected chi connectivity index (χ4v) is 8.59. The third-order valence-electron chi connectivity index (χ3n) is 9.65. The van der Waals surface area contributed by atoms with Crippen LogP contribution in [0.5, 0.6) is 5.75 Å². The second-order valence-corrected chi connectivity index (χ2v) is 14.3. The highest BCUT2D eigenvalue weighted by Crippen LogP contribution is 2.38. The van der Waals surface area contributed by atoms with Crippen LogP contribution >= 0.6 is 0 Å². The predicted molar refractivity (Wildman–Crippen MR) is 163 cm³/mol. The molecule has 3 heterocycles. The Kier molecular flexibility index (Phi) is 11.4. The number of sulfonamides is 1. The summed E-state index contributed by atoms with van der Waals surface area (Å²) in [4.78, 5) is 18.3. The summed E-state index contributed by atoms with van der Waals surface area (Å²) in [6, 6.07) is 6.74. The van der Waals surface area contributed by atoms with Crippen LogP contribution in [0, 0.1) is 11.8 Å². The van der Waals surface area contributed by atoms with Gasteiger partial charge < -0.3 is 29.1 Å². The average Bonchev–Trinajstić information content (AvgIpc) is 3.60. The number of aliphatic hydroxyl groups excluding tert-OH is 1. The number of hydrogen-bond acceptors (Lipinski definition) is 8. The van der Waals surface area contributed by atoms with Crippen molar-refractivity contribution >= 4 is 15.9 Å². The minimum Gasteiger partial charge on any atom is -0.497 e. The zero-order valence-corrected chi connectivity index (χ0v) is 26.4. The van der Waals surface area contributed by atoms with E-state index in [4.69, 9.17) is 14.2 Å². The maximum absolute atomic E-state index is 13.7. The minimum atomic E-state index is -3.85. The van der Waals surface area contributed by atoms with Crippen LogP contribution in [0.15, 0.2) is 41.0 Å². The maximum atomic E-state index is 13.7. The van der Waals surface area contributed by atoms with Gasteiger partial charge in [0.05, 0.1) is 25.2 Å². The van der Waals surface area contributed by atoms with Crippen LogP contribution in [0.3, 0.4) is 0 Å². The van der Waals surface area contributed by atoms with Crippen LogP contribution < -0.4 is 4.74 Å². The fourth-order valence-electron chi connectivity index (χ4n) is 7.17. The smallest absolute Gasteiger partial charge is 0.288 e. The summed E-state index contributed by atoms with van der Waals surface area (Å²) in [6.07, 6.45) is 12.6. The van der Waals surface area contributed by atoms with Crippen molar-refractivity contribution in [2.45, 2.75) is 81.4 Å². The number of carbonyl (C=O) groups excluding carboxylic acids is 1. The van der Waals surface area contributed by atoms with Crippen molar-refractivity contribution < 1.29 is 32.5 Å². The second-order valence-electron chi connectivity index (χ2n) is 12.3. The molecule has 2 atom stereocenters. The van der Waals surface area contributed by atoms with E-state index in [0.29, 0.717) is 29.9 Å². The molecular formula is C32H49N3O7S. The van der Waals surface area contributed by atoms with E-state index in [-0.39, 0.29) is 43.0 Å². The van der Waals surface area contributed by atoms with Gasteiger partial charge in [-0.25, -0.2) is 8.42 Å². The van der Waals surface area contributed by atoms with Crippen LogP contribution in [-0.4, -0.2) is 105 Å². The number of carbonyl (C=O) groups is 1. The van der Waals surface area contributed by atoms with Gasteiger partial charge in [-0.1, -0.05) is 19.3 Å². The van der Waals surface area contributed by atoms with E-state index >= 15 is 0 Å². The third kappa shape index (κ3) is 8.11. The molecule has 0 radical (unpaired) electrons. The lowest BCUT2D eigenvalue weighted by Crippen LogP contribution is -2.49. The van der Waals surface area contributed by atoms with Crippen LogP contribution in [0.1, 0.15) is 64.2 Å². The molecule has 43 heavy (non-hydrogen) atoms. The summed E-state index contributed by atoms with van der Waals surface area (Å²) >= 11 is 0. The molecule has 0 unspecified atom stereocenters. The first kappa shape index (κ1) is 32.2. The molecule has 2 saturated heterocycles. The summed E-state index contributed by atoms with van der Waals surface area (Å²) in [5.41, 5.74) is 0. The van der Waals surface area contributed by atoms with E-state index < -0.39 is 16.3 Å². The largest absolute Gasteiger partial charge is 0.497 e. The van der Waals surface area contributed by atoms with Crippen molar-refractivity contribution in [2.24, 2.45) is 11.8 Å². The molecule has 4 aliphatic rings. The maximum Gasteiger partial charge on any atom is 0.288 e. The fraction of sp³-hybridized carbons (Fsp3) is 0.719. The van der Waals surface area contributed by atoms with Gasteiger partial charge in [-0.3, -0.25) is 4.79 Å². The van der Waals surface area contributed by atoms with Crippen molar-refractivity contribution in [3.8, 4) is 5.75 Å². The number of amides is 1. The molecule has 1 N–H and O–H groups in total. The molecule has 1 aromatic carbocycles. The third-order valence-corrected chi connectivity index (χ3v) is 11.6. The molecule has 1 aromatic rings. The zero-order chi connectivity index (χ0) is 30.2. The molecule has 0 bridgehead atoms. The Balaban J connectivity index is 1.20. The quantitative estimate of drug-likeness (QED) is 0.378. The number of ether oxygens (including phenoxy) is 3. The molecule has 5 rings (SSSR count). The van der Waals surface area contributed by atoms with Crippen molar-refractivity contribution in [1.82, 2.24) is 14.1 Å². The zero-order valence-electron chi connectivity index (χ0n) is 25.6. The first-order chi connectivity index (χ1) is 20.9. The average molecular weight is 620 g/mol. The molecular weight excluding hydrogens is 570 g/mol. The van der Waals surface area contributed by atoms with Crippen LogP contribution in [0.4, 0.5) is 0 Å². The minimum absolute atomic E-state index is 0.0506. The van der Waals surface area contributed by atoms with Gasteiger partial charge in [0.1, 0.15) is 5.75 Å². The van der Waals surface area contributed by atoms with Gasteiger partial charge in [-0.05, 0) is 93.8 Å². The molecule has 1 aliphatic carbocycles. The molecule has 10 nitrogen and oxygen atoms in total. The SMILES string of the molecule is COc1ccc(S(=O)(=O)N(CCO)CCO[C@@H]2C[C@H](C3CCCC3)C=C(C(=O)N3CCC(N4CCCCC4)CC3)O2)cc1. The first-order valence-corrected chi connectivity index (χ1v) is 17.6. The van der Waals surface area contributed by atoms with Gasteiger partial charge in [0.15, 0.2) is 5.76 Å². The van der Waals surface area contributed by atoms with E-state index in [1.807, 2.05) is 11.0 Å². The monoisotopic (exact) mass is 619 g/mol. The molecule has 0 spiro atoms. The highest BCUT2D eigenvalue weighted by atomic mass is 32.2. The molecule has 11 heteroatoms. The highest BCUT2D eigenvalue weighted by molar-refractivity contribution is 7.89. The number of likely N-dealkylation sites (tertiary alicyclic amines) is 2. The van der Waals surface area contributed by atoms with Crippen molar-refractivity contribution in [2.75, 3.05) is 59.6 Å². The van der Waals surface area contributed by atoms with Gasteiger partial charge in [0.25, 0.3) is 5.91 Å². The Morgan fingerprint density at radius 3 is 2.33 bits per heavy atom. The topological polar surface area (TPSA) is 109 Å². The predicted octanol–water partition coefficient (Wildman–Crippen LogP) is 3.61. The molecule has 3 aliphatic heterocycles. The molecule has 3 fully saturated rings. The summed E-state index contributed by atoms with van der Waals surface area (Å²) < 4.78 is 45.3. The number of aliphatic hydroxyl groups is 1. The van der Waals surface area contributed by atoms with Crippen molar-refractivity contribution in [3.05, 3.63) is 36.1 Å². The Bertz CT molecular complexity index is 1170. The summed E-state index contributed by atoms with van der Waals surface area (Å²) in [7, 11) is -2.32. The number of piperidine rings is 2. The van der Waals surface area contributed by atoms with E-state index in [0.717, 1.165) is 38.8 Å². The van der Waals surface area contributed by atoms with Gasteiger partial charge in [0.2, 0.25) is 16.3 Å². The number of hydrogen-bond donors (Lipinski definition) is 1. The Morgan fingerprint density at radius 2 is 1.67 bits per heavy atom. The van der Waals surface area contributed by atoms with Gasteiger partial charge in [-0.15, -0.1) is 0 Å². The highest BCUT2D eigenvalue weighted by Gasteiger charge is 2.36. The number of allylic oxidation sites excluding steroid dienone is 1. The van der Waals surface area contributed by atoms with E-state index in [2.05, 4.69) is 4.90 Å². The summed E-state index contributed by atoms with van der Waals surface area (Å²) in [5.74, 6) is 1.58. The molecule has 1 saturated carbocycles. The van der Waals surface area contributed by atoms with Crippen LogP contribution in [0.25, 0.3) is 0 Å². The number of methoxy groups -OCH3 is 1. The lowest BCUT2D eigenvalue weighted by molar-refractivity contribution is -0.157. The van der Waals surface area contributed by atoms with Crippen LogP contribution in [0.2, 0.25) is 0 Å². The Hall–Kier alpha value is -2.18. The van der Waals surface area contributed by atoms with E-state index in [1.54, 1.807) is 12.1 Å². The standard InChI is InChI=1S/C32H49N3O7S/c1-40-28-9-11-29(12-10-28)43(38,39)35(19-21-36)20-22-41-31-24-26(25-7-3-4-8-25)23-30(42-31)32(37)34-17-13-27(14-18-34)33-15-5-2-6-16-33/h9-12,23,25-27,31,36H,2-8,13-22,24H2,1H3/t26-,31+/m1/s1. The molecule has 240 valence electrons. The van der Waals surface area contributed by atoms with Crippen molar-refractivity contribution in [3.63, 3.8) is 0 Å². The summed E-state index contributed by atoms with van der Waals surface area (Å²) in [6.45, 7) is 3.59. The normalized spacial score (nSPS) is 24.6. The van der Waals surface area contributed by atoms with Crippen molar-refractivity contribution in [1.29, 1.82) is 0 Å². The number of nitrogens with zero attached hydrogens (tertiary/aromatic N) is 3. The first-order valence-electron chi connectivity index (χ1n) is 16.2. The van der Waals surface area contributed by atoms with Crippen LogP contribution in [-0.2, 0) is 24.3 Å². The Labute approximate surface area is 257 Å². The van der Waals surface area contributed by atoms with Gasteiger partial charge in [0, 0.05) is 38.6 Å². The lowest BCUT2D eigenvalue weighted by atomic mass is 9.86. The van der Waals surface area contributed by atoms with Gasteiger partial charge in [-0.2, -0.15) is 4.31 Å². The van der Waals surface area contributed by atoms with Gasteiger partial charge >= 0.3 is 0 Å². The second kappa shape index (κ2) is 15.2. The number of rotatable bonds is 12. The van der Waals surface area contributed by atoms with E-state index in [1.165, 1.54) is 68.7 Å². The Morgan fingerprint density at radius 1 is 0.977 bits per heavy atom. The molecule has 1 amide bonds. The lowest BCUT2D eigenvalue weighted by Gasteiger charge is -2.41. The molecule has 0 aromatic heterocycles. The number of benzene rings is 1. The summed E-state index contributed by atoms with van der Waals surface area (Å²) in [5, 5.41) is 9.60. The van der Waals surface area contributed by atoms with E-state index in [9.17, 15) is 18.3 Å².